The van der Waals surface area contributed by atoms with E-state index in [0.717, 1.165) is 18.4 Å². The van der Waals surface area contributed by atoms with E-state index in [4.69, 9.17) is 5.14 Å². The highest BCUT2D eigenvalue weighted by atomic mass is 32.2. The van der Waals surface area contributed by atoms with Crippen LogP contribution in [0, 0.1) is 0 Å². The number of aromatic nitrogens is 2. The average Bonchev–Trinajstić information content (AvgIpc) is 3.39. The van der Waals surface area contributed by atoms with E-state index in [2.05, 4.69) is 20.6 Å². The quantitative estimate of drug-likeness (QED) is 0.665. The van der Waals surface area contributed by atoms with E-state index >= 15 is 0 Å². The lowest BCUT2D eigenvalue weighted by molar-refractivity contribution is 0.0946. The lowest BCUT2D eigenvalue weighted by Gasteiger charge is -2.07. The molecule has 132 valence electrons. The van der Waals surface area contributed by atoms with Crippen molar-refractivity contribution in [2.45, 2.75) is 30.2 Å². The third-order valence-electron chi connectivity index (χ3n) is 3.75. The van der Waals surface area contributed by atoms with Crippen LogP contribution in [0.15, 0.2) is 41.4 Å². The van der Waals surface area contributed by atoms with Crippen molar-refractivity contribution in [1.82, 2.24) is 15.3 Å². The Morgan fingerprint density at radius 1 is 1.20 bits per heavy atom. The van der Waals surface area contributed by atoms with Crippen LogP contribution < -0.4 is 15.8 Å². The number of hydrogen-bond acceptors (Lipinski definition) is 6. The molecule has 1 aromatic heterocycles. The largest absolute Gasteiger partial charge is 0.354 e. The molecule has 1 aliphatic carbocycles. The Morgan fingerprint density at radius 3 is 2.56 bits per heavy atom. The molecule has 0 aliphatic heterocycles. The van der Waals surface area contributed by atoms with Gasteiger partial charge in [0.1, 0.15) is 5.69 Å². The number of anilines is 1. The first-order valence-electron chi connectivity index (χ1n) is 7.91. The molecule has 1 heterocycles. The number of nitrogens with one attached hydrogen (secondary N) is 2. The fourth-order valence-electron chi connectivity index (χ4n) is 2.22. The van der Waals surface area contributed by atoms with Crippen LogP contribution in [0.2, 0.25) is 0 Å². The first kappa shape index (κ1) is 17.3. The third kappa shape index (κ3) is 4.97. The molecule has 3 rings (SSSR count). The van der Waals surface area contributed by atoms with E-state index in [9.17, 15) is 13.2 Å². The van der Waals surface area contributed by atoms with Gasteiger partial charge in [0, 0.05) is 18.8 Å². The summed E-state index contributed by atoms with van der Waals surface area (Å²) in [6.07, 6.45) is 4.23. The van der Waals surface area contributed by atoms with Gasteiger partial charge in [-0.3, -0.25) is 4.79 Å². The predicted molar refractivity (Wildman–Crippen MR) is 92.5 cm³/mol. The van der Waals surface area contributed by atoms with Crippen LogP contribution >= 0.6 is 0 Å². The summed E-state index contributed by atoms with van der Waals surface area (Å²) in [6.45, 7) is 0.544. The maximum absolute atomic E-state index is 12.0. The number of amides is 1. The number of carbonyl (C=O) groups is 1. The summed E-state index contributed by atoms with van der Waals surface area (Å²) in [6, 6.07) is 8.23. The summed E-state index contributed by atoms with van der Waals surface area (Å²) in [5.74, 6) is 0.191. The minimum absolute atomic E-state index is 0.0851. The van der Waals surface area contributed by atoms with Crippen LogP contribution in [0.25, 0.3) is 0 Å². The van der Waals surface area contributed by atoms with E-state index in [0.29, 0.717) is 24.6 Å². The van der Waals surface area contributed by atoms with Crippen molar-refractivity contribution < 1.29 is 13.2 Å². The smallest absolute Gasteiger partial charge is 0.270 e. The topological polar surface area (TPSA) is 127 Å². The Hall–Kier alpha value is -2.52. The normalized spacial score (nSPS) is 14.1. The molecule has 1 fully saturated rings. The second-order valence-electron chi connectivity index (χ2n) is 5.88. The van der Waals surface area contributed by atoms with Gasteiger partial charge in [-0.25, -0.2) is 23.5 Å². The molecule has 0 bridgehead atoms. The Kier molecular flexibility index (Phi) is 4.95. The highest BCUT2D eigenvalue weighted by Crippen LogP contribution is 2.19. The molecule has 0 radical (unpaired) electrons. The number of carbonyl (C=O) groups excluding carboxylic acids is 1. The number of nitrogens with two attached hydrogens (primary N) is 1. The van der Waals surface area contributed by atoms with E-state index < -0.39 is 10.0 Å². The van der Waals surface area contributed by atoms with Crippen molar-refractivity contribution in [3.05, 3.63) is 47.8 Å². The monoisotopic (exact) mass is 361 g/mol. The molecule has 1 aliphatic rings. The van der Waals surface area contributed by atoms with Crippen LogP contribution in [-0.2, 0) is 16.4 Å². The van der Waals surface area contributed by atoms with Gasteiger partial charge in [0.05, 0.1) is 4.90 Å². The zero-order chi connectivity index (χ0) is 17.9. The van der Waals surface area contributed by atoms with Gasteiger partial charge in [0.2, 0.25) is 16.0 Å². The fourth-order valence-corrected chi connectivity index (χ4v) is 2.74. The molecule has 0 atom stereocenters. The molecule has 0 saturated heterocycles. The van der Waals surface area contributed by atoms with E-state index in [1.165, 1.54) is 18.3 Å². The van der Waals surface area contributed by atoms with Crippen LogP contribution in [0.3, 0.4) is 0 Å². The highest BCUT2D eigenvalue weighted by Gasteiger charge is 2.24. The number of sulfonamides is 1. The summed E-state index contributed by atoms with van der Waals surface area (Å²) >= 11 is 0. The standard InChI is InChI=1S/C16H19N5O3S/c17-25(23,24)13-5-1-11(2-6-13)7-9-18-16-19-10-8-14(21-16)15(22)20-12-3-4-12/h1-2,5-6,8,10,12H,3-4,7,9H2,(H,20,22)(H2,17,23,24)(H,18,19,21). The zero-order valence-electron chi connectivity index (χ0n) is 13.5. The number of benzene rings is 1. The van der Waals surface area contributed by atoms with Crippen LogP contribution in [-0.4, -0.2) is 36.9 Å². The summed E-state index contributed by atoms with van der Waals surface area (Å²) in [5, 5.41) is 11.0. The Bertz CT molecular complexity index is 864. The van der Waals surface area contributed by atoms with Crippen molar-refractivity contribution in [2.24, 2.45) is 5.14 Å². The van der Waals surface area contributed by atoms with Gasteiger partial charge in [-0.05, 0) is 43.0 Å². The lowest BCUT2D eigenvalue weighted by Crippen LogP contribution is -2.26. The zero-order valence-corrected chi connectivity index (χ0v) is 14.3. The molecule has 8 nitrogen and oxygen atoms in total. The number of nitrogens with zero attached hydrogens (tertiary/aromatic N) is 2. The van der Waals surface area contributed by atoms with Crippen LogP contribution in [0.1, 0.15) is 28.9 Å². The first-order valence-corrected chi connectivity index (χ1v) is 9.46. The summed E-state index contributed by atoms with van der Waals surface area (Å²) in [5.41, 5.74) is 1.28. The van der Waals surface area contributed by atoms with Gasteiger partial charge < -0.3 is 10.6 Å². The molecule has 4 N–H and O–H groups in total. The van der Waals surface area contributed by atoms with Crippen molar-refractivity contribution in [3.63, 3.8) is 0 Å². The number of rotatable bonds is 7. The van der Waals surface area contributed by atoms with Crippen molar-refractivity contribution in [3.8, 4) is 0 Å². The molecule has 1 aromatic carbocycles. The van der Waals surface area contributed by atoms with Crippen molar-refractivity contribution in [2.75, 3.05) is 11.9 Å². The minimum atomic E-state index is -3.67. The number of hydrogen-bond donors (Lipinski definition) is 3. The molecule has 0 unspecified atom stereocenters. The molecule has 2 aromatic rings. The van der Waals surface area contributed by atoms with Crippen LogP contribution in [0.5, 0.6) is 0 Å². The van der Waals surface area contributed by atoms with Gasteiger partial charge in [-0.15, -0.1) is 0 Å². The molecule has 1 saturated carbocycles. The predicted octanol–water partition coefficient (Wildman–Crippen LogP) is 0.671. The minimum Gasteiger partial charge on any atom is -0.354 e. The fraction of sp³-hybridized carbons (Fsp3) is 0.312. The van der Waals surface area contributed by atoms with Crippen LogP contribution in [0.4, 0.5) is 5.95 Å². The maximum atomic E-state index is 12.0. The van der Waals surface area contributed by atoms with Gasteiger partial charge >= 0.3 is 0 Å². The Labute approximate surface area is 145 Å². The Morgan fingerprint density at radius 2 is 1.92 bits per heavy atom. The first-order chi connectivity index (χ1) is 11.9. The van der Waals surface area contributed by atoms with Gasteiger partial charge in [0.15, 0.2) is 0 Å². The van der Waals surface area contributed by atoms with Crippen molar-refractivity contribution >= 4 is 21.9 Å². The Balaban J connectivity index is 1.54. The maximum Gasteiger partial charge on any atom is 0.270 e. The van der Waals surface area contributed by atoms with Gasteiger partial charge in [-0.2, -0.15) is 0 Å². The summed E-state index contributed by atoms with van der Waals surface area (Å²) in [7, 11) is -3.67. The summed E-state index contributed by atoms with van der Waals surface area (Å²) in [4.78, 5) is 20.3. The molecular formula is C16H19N5O3S. The third-order valence-corrected chi connectivity index (χ3v) is 4.68. The van der Waals surface area contributed by atoms with E-state index in [1.807, 2.05) is 0 Å². The lowest BCUT2D eigenvalue weighted by atomic mass is 10.1. The van der Waals surface area contributed by atoms with E-state index in [-0.39, 0.29) is 16.8 Å². The molecular weight excluding hydrogens is 342 g/mol. The summed E-state index contributed by atoms with van der Waals surface area (Å²) < 4.78 is 22.4. The van der Waals surface area contributed by atoms with Gasteiger partial charge in [0.25, 0.3) is 5.91 Å². The molecule has 1 amide bonds. The van der Waals surface area contributed by atoms with Crippen molar-refractivity contribution in [1.29, 1.82) is 0 Å². The van der Waals surface area contributed by atoms with E-state index in [1.54, 1.807) is 18.2 Å². The highest BCUT2D eigenvalue weighted by molar-refractivity contribution is 7.89. The number of primary sulfonamides is 1. The SMILES string of the molecule is NS(=O)(=O)c1ccc(CCNc2nccc(C(=O)NC3CC3)n2)cc1. The average molecular weight is 361 g/mol. The second kappa shape index (κ2) is 7.16. The molecule has 0 spiro atoms. The molecule has 9 heteroatoms. The second-order valence-corrected chi connectivity index (χ2v) is 7.44. The van der Waals surface area contributed by atoms with Gasteiger partial charge in [-0.1, -0.05) is 12.1 Å². The molecule has 25 heavy (non-hydrogen) atoms.